The summed E-state index contributed by atoms with van der Waals surface area (Å²) in [5, 5.41) is 12.4. The summed E-state index contributed by atoms with van der Waals surface area (Å²) in [5.41, 5.74) is 0.301. The monoisotopic (exact) mass is 362 g/mol. The molecule has 2 fully saturated rings. The highest BCUT2D eigenvalue weighted by Gasteiger charge is 2.55. The van der Waals surface area contributed by atoms with Crippen molar-refractivity contribution >= 4 is 12.0 Å². The zero-order valence-electron chi connectivity index (χ0n) is 15.1. The van der Waals surface area contributed by atoms with E-state index in [0.717, 1.165) is 24.2 Å². The molecule has 0 aromatic heterocycles. The van der Waals surface area contributed by atoms with E-state index in [-0.39, 0.29) is 11.9 Å². The number of urea groups is 1. The number of amides is 2. The normalized spacial score (nSPS) is 24.3. The van der Waals surface area contributed by atoms with Crippen LogP contribution in [0, 0.1) is 11.3 Å². The minimum Gasteiger partial charge on any atom is -0.497 e. The lowest BCUT2D eigenvalue weighted by Gasteiger charge is -2.23. The molecular weight excluding hydrogens is 336 g/mol. The van der Waals surface area contributed by atoms with Crippen molar-refractivity contribution in [3.05, 3.63) is 29.8 Å². The minimum absolute atomic E-state index is 0.0806. The van der Waals surface area contributed by atoms with E-state index in [1.165, 1.54) is 0 Å². The van der Waals surface area contributed by atoms with Gasteiger partial charge in [-0.05, 0) is 36.5 Å². The van der Waals surface area contributed by atoms with Gasteiger partial charge in [0.2, 0.25) is 0 Å². The van der Waals surface area contributed by atoms with Crippen molar-refractivity contribution in [2.45, 2.75) is 25.9 Å². The van der Waals surface area contributed by atoms with Crippen LogP contribution in [-0.2, 0) is 16.1 Å². The van der Waals surface area contributed by atoms with E-state index < -0.39 is 11.4 Å². The van der Waals surface area contributed by atoms with Gasteiger partial charge in [-0.1, -0.05) is 18.6 Å². The lowest BCUT2D eigenvalue weighted by atomic mass is 9.81. The molecule has 2 N–H and O–H groups in total. The van der Waals surface area contributed by atoms with Gasteiger partial charge in [-0.2, -0.15) is 0 Å². The molecule has 1 aliphatic heterocycles. The number of nitrogens with one attached hydrogen (secondary N) is 1. The predicted molar refractivity (Wildman–Crippen MR) is 95.0 cm³/mol. The summed E-state index contributed by atoms with van der Waals surface area (Å²) in [6.45, 7) is 2.11. The number of carboxylic acid groups (broad SMARTS) is 1. The third-order valence-electron chi connectivity index (χ3n) is 5.53. The third kappa shape index (κ3) is 3.77. The van der Waals surface area contributed by atoms with Crippen LogP contribution >= 0.6 is 0 Å². The van der Waals surface area contributed by atoms with Crippen molar-refractivity contribution in [2.75, 3.05) is 33.4 Å². The summed E-state index contributed by atoms with van der Waals surface area (Å²) < 4.78 is 10.7. The molecule has 1 saturated heterocycles. The van der Waals surface area contributed by atoms with E-state index in [2.05, 4.69) is 5.32 Å². The fraction of sp³-hybridized carbons (Fsp3) is 0.579. The minimum atomic E-state index is -0.766. The van der Waals surface area contributed by atoms with Gasteiger partial charge in [0.05, 0.1) is 25.7 Å². The van der Waals surface area contributed by atoms with E-state index in [1.807, 2.05) is 24.3 Å². The van der Waals surface area contributed by atoms with Gasteiger partial charge < -0.3 is 24.8 Å². The van der Waals surface area contributed by atoms with Gasteiger partial charge in [0, 0.05) is 19.6 Å². The number of aliphatic carboxylic acids is 1. The van der Waals surface area contributed by atoms with Crippen LogP contribution in [0.4, 0.5) is 4.79 Å². The smallest absolute Gasteiger partial charge is 0.317 e. The zero-order valence-corrected chi connectivity index (χ0v) is 15.1. The Bertz CT molecular complexity index is 648. The Labute approximate surface area is 153 Å². The summed E-state index contributed by atoms with van der Waals surface area (Å²) in [7, 11) is 1.63. The first kappa shape index (κ1) is 18.5. The largest absolute Gasteiger partial charge is 0.497 e. The Kier molecular flexibility index (Phi) is 5.66. The maximum Gasteiger partial charge on any atom is 0.317 e. The summed E-state index contributed by atoms with van der Waals surface area (Å²) >= 11 is 0. The Morgan fingerprint density at radius 1 is 1.35 bits per heavy atom. The summed E-state index contributed by atoms with van der Waals surface area (Å²) in [4.78, 5) is 25.6. The number of benzene rings is 1. The Morgan fingerprint density at radius 3 is 2.77 bits per heavy atom. The van der Waals surface area contributed by atoms with Gasteiger partial charge in [0.1, 0.15) is 5.75 Å². The lowest BCUT2D eigenvalue weighted by molar-refractivity contribution is -0.149. The number of carbonyl (C=O) groups excluding carboxylic acids is 1. The van der Waals surface area contributed by atoms with Crippen molar-refractivity contribution in [2.24, 2.45) is 11.3 Å². The molecule has 7 nitrogen and oxygen atoms in total. The molecule has 2 aliphatic rings. The first-order chi connectivity index (χ1) is 12.5. The Morgan fingerprint density at radius 2 is 2.12 bits per heavy atom. The fourth-order valence-electron chi connectivity index (χ4n) is 4.05. The summed E-state index contributed by atoms with van der Waals surface area (Å²) in [6, 6.07) is 7.43. The van der Waals surface area contributed by atoms with E-state index in [9.17, 15) is 14.7 Å². The van der Waals surface area contributed by atoms with Gasteiger partial charge in [0.15, 0.2) is 0 Å². The predicted octanol–water partition coefficient (Wildman–Crippen LogP) is 2.11. The van der Waals surface area contributed by atoms with Crippen molar-refractivity contribution in [3.8, 4) is 5.75 Å². The number of fused-ring (bicyclic) bond motifs is 1. The van der Waals surface area contributed by atoms with Crippen LogP contribution in [-0.4, -0.2) is 55.4 Å². The number of likely N-dealkylation sites (tertiary alicyclic amines) is 1. The van der Waals surface area contributed by atoms with Gasteiger partial charge in [0.25, 0.3) is 0 Å². The number of hydrogen-bond donors (Lipinski definition) is 2. The molecule has 2 atom stereocenters. The quantitative estimate of drug-likeness (QED) is 0.726. The van der Waals surface area contributed by atoms with Crippen molar-refractivity contribution < 1.29 is 24.2 Å². The molecule has 2 amide bonds. The zero-order chi connectivity index (χ0) is 18.6. The second-order valence-corrected chi connectivity index (χ2v) is 7.06. The van der Waals surface area contributed by atoms with Crippen LogP contribution in [0.15, 0.2) is 24.3 Å². The van der Waals surface area contributed by atoms with Gasteiger partial charge in [-0.15, -0.1) is 0 Å². The second kappa shape index (κ2) is 7.95. The number of hydrogen-bond acceptors (Lipinski definition) is 4. The number of carbonyl (C=O) groups is 2. The molecule has 0 bridgehead atoms. The summed E-state index contributed by atoms with van der Waals surface area (Å²) in [5.74, 6) is 0.116. The number of carboxylic acids is 1. The van der Waals surface area contributed by atoms with Gasteiger partial charge in [-0.3, -0.25) is 4.79 Å². The molecule has 3 rings (SSSR count). The van der Waals surface area contributed by atoms with Crippen LogP contribution < -0.4 is 10.1 Å². The average molecular weight is 362 g/mol. The van der Waals surface area contributed by atoms with Gasteiger partial charge >= 0.3 is 12.0 Å². The number of rotatable bonds is 7. The highest BCUT2D eigenvalue weighted by atomic mass is 16.5. The first-order valence-corrected chi connectivity index (χ1v) is 9.02. The molecule has 0 unspecified atom stereocenters. The molecular formula is C19H26N2O5. The number of ether oxygens (including phenoxy) is 2. The van der Waals surface area contributed by atoms with Gasteiger partial charge in [-0.25, -0.2) is 4.79 Å². The van der Waals surface area contributed by atoms with Crippen molar-refractivity contribution in [3.63, 3.8) is 0 Å². The topological polar surface area (TPSA) is 88.1 Å². The fourth-order valence-corrected chi connectivity index (χ4v) is 4.05. The van der Waals surface area contributed by atoms with E-state index in [0.29, 0.717) is 39.3 Å². The van der Waals surface area contributed by atoms with Crippen LogP contribution in [0.3, 0.4) is 0 Å². The summed E-state index contributed by atoms with van der Waals surface area (Å²) in [6.07, 6.45) is 2.49. The lowest BCUT2D eigenvalue weighted by Crippen LogP contribution is -2.42. The molecule has 0 radical (unpaired) electrons. The second-order valence-electron chi connectivity index (χ2n) is 7.06. The number of nitrogens with zero attached hydrogens (tertiary/aromatic N) is 1. The molecule has 1 aliphatic carbocycles. The van der Waals surface area contributed by atoms with Crippen LogP contribution in [0.5, 0.6) is 5.75 Å². The third-order valence-corrected chi connectivity index (χ3v) is 5.53. The SMILES string of the molecule is COc1ccc(COCCNC(=O)N2C[C@@H]3CCC[C@@]3(C(=O)O)C2)cc1. The molecule has 1 aromatic carbocycles. The molecule has 26 heavy (non-hydrogen) atoms. The van der Waals surface area contributed by atoms with Crippen LogP contribution in [0.2, 0.25) is 0 Å². The first-order valence-electron chi connectivity index (χ1n) is 9.02. The standard InChI is InChI=1S/C19H26N2O5/c1-25-16-6-4-14(5-7-16)12-26-10-9-20-18(24)21-11-15-3-2-8-19(15,13-21)17(22)23/h4-7,15H,2-3,8-13H2,1H3,(H,20,24)(H,22,23)/t15-,19+/m0/s1. The van der Waals surface area contributed by atoms with E-state index in [4.69, 9.17) is 9.47 Å². The van der Waals surface area contributed by atoms with Crippen LogP contribution in [0.1, 0.15) is 24.8 Å². The Balaban J connectivity index is 1.37. The molecule has 1 aromatic rings. The Hall–Kier alpha value is -2.28. The number of methoxy groups -OCH3 is 1. The average Bonchev–Trinajstić information content (AvgIpc) is 3.20. The molecule has 1 heterocycles. The highest BCUT2D eigenvalue weighted by molar-refractivity contribution is 5.80. The van der Waals surface area contributed by atoms with Crippen LogP contribution in [0.25, 0.3) is 0 Å². The maximum absolute atomic E-state index is 12.3. The van der Waals surface area contributed by atoms with E-state index >= 15 is 0 Å². The maximum atomic E-state index is 12.3. The van der Waals surface area contributed by atoms with Crippen molar-refractivity contribution in [1.29, 1.82) is 0 Å². The molecule has 1 saturated carbocycles. The highest BCUT2D eigenvalue weighted by Crippen LogP contribution is 2.48. The van der Waals surface area contributed by atoms with Crippen molar-refractivity contribution in [1.82, 2.24) is 10.2 Å². The molecule has 7 heteroatoms. The molecule has 0 spiro atoms. The van der Waals surface area contributed by atoms with E-state index in [1.54, 1.807) is 12.0 Å². The molecule has 142 valence electrons.